The van der Waals surface area contributed by atoms with Gasteiger partial charge in [-0.25, -0.2) is 0 Å². The molecule has 4 atom stereocenters. The average molecular weight is 254 g/mol. The number of rotatable bonds is 6. The van der Waals surface area contributed by atoms with E-state index >= 15 is 0 Å². The maximum Gasteiger partial charge on any atom is 0.0112 e. The molecule has 1 fully saturated rings. The van der Waals surface area contributed by atoms with Crippen molar-refractivity contribution in [3.8, 4) is 0 Å². The van der Waals surface area contributed by atoms with Crippen LogP contribution < -0.4 is 5.32 Å². The molecule has 0 radical (unpaired) electrons. The average Bonchev–Trinajstić information content (AvgIpc) is 2.22. The summed E-state index contributed by atoms with van der Waals surface area (Å²) in [6.07, 6.45) is 2.76. The van der Waals surface area contributed by atoms with E-state index in [1.54, 1.807) is 0 Å². The van der Waals surface area contributed by atoms with Crippen molar-refractivity contribution >= 4 is 0 Å². The lowest BCUT2D eigenvalue weighted by Crippen LogP contribution is -2.48. The molecular weight excluding hydrogens is 220 g/mol. The molecule has 2 nitrogen and oxygen atoms in total. The van der Waals surface area contributed by atoms with E-state index in [0.717, 1.165) is 36.3 Å². The van der Waals surface area contributed by atoms with Gasteiger partial charge in [0.25, 0.3) is 0 Å². The Morgan fingerprint density at radius 3 is 2.44 bits per heavy atom. The van der Waals surface area contributed by atoms with Crippen LogP contribution in [0.2, 0.25) is 0 Å². The molecule has 0 aromatic rings. The molecular formula is C16H34N2. The van der Waals surface area contributed by atoms with E-state index in [4.69, 9.17) is 0 Å². The molecule has 0 aromatic carbocycles. The maximum absolute atomic E-state index is 3.73. The Labute approximate surface area is 115 Å². The first-order chi connectivity index (χ1) is 8.43. The largest absolute Gasteiger partial charge is 0.314 e. The molecule has 1 rings (SSSR count). The number of hydrogen-bond acceptors (Lipinski definition) is 2. The Bertz CT molecular complexity index is 227. The van der Waals surface area contributed by atoms with Gasteiger partial charge in [0, 0.05) is 19.1 Å². The molecule has 18 heavy (non-hydrogen) atoms. The molecule has 0 bridgehead atoms. The van der Waals surface area contributed by atoms with Crippen molar-refractivity contribution in [2.45, 2.75) is 53.5 Å². The Morgan fingerprint density at radius 2 is 1.89 bits per heavy atom. The third-order valence-corrected chi connectivity index (χ3v) is 4.34. The molecule has 0 aliphatic heterocycles. The predicted octanol–water partition coefficient (Wildman–Crippen LogP) is 3.23. The minimum absolute atomic E-state index is 0.725. The zero-order valence-electron chi connectivity index (χ0n) is 13.4. The van der Waals surface area contributed by atoms with Crippen LogP contribution in [0.1, 0.15) is 47.5 Å². The summed E-state index contributed by atoms with van der Waals surface area (Å²) in [5, 5.41) is 3.73. The summed E-state index contributed by atoms with van der Waals surface area (Å²) in [5.74, 6) is 3.33. The van der Waals surface area contributed by atoms with Crippen LogP contribution in [0.5, 0.6) is 0 Å². The first kappa shape index (κ1) is 16.0. The zero-order chi connectivity index (χ0) is 13.7. The molecule has 2 heteroatoms. The van der Waals surface area contributed by atoms with Crippen molar-refractivity contribution in [3.05, 3.63) is 0 Å². The van der Waals surface area contributed by atoms with E-state index in [-0.39, 0.29) is 0 Å². The van der Waals surface area contributed by atoms with E-state index in [1.807, 2.05) is 0 Å². The van der Waals surface area contributed by atoms with E-state index in [2.05, 4.69) is 51.9 Å². The molecule has 0 amide bonds. The number of nitrogens with one attached hydrogen (secondary N) is 1. The van der Waals surface area contributed by atoms with E-state index < -0.39 is 0 Å². The van der Waals surface area contributed by atoms with Gasteiger partial charge >= 0.3 is 0 Å². The fourth-order valence-corrected chi connectivity index (χ4v) is 3.77. The first-order valence-electron chi connectivity index (χ1n) is 7.85. The van der Waals surface area contributed by atoms with Crippen LogP contribution in [0.3, 0.4) is 0 Å². The Hall–Kier alpha value is -0.0800. The third kappa shape index (κ3) is 4.89. The molecule has 4 unspecified atom stereocenters. The first-order valence-corrected chi connectivity index (χ1v) is 7.85. The lowest BCUT2D eigenvalue weighted by molar-refractivity contribution is 0.108. The molecule has 0 spiro atoms. The van der Waals surface area contributed by atoms with Crippen LogP contribution >= 0.6 is 0 Å². The maximum atomic E-state index is 3.73. The van der Waals surface area contributed by atoms with Crippen LogP contribution in [0.25, 0.3) is 0 Å². The van der Waals surface area contributed by atoms with Crippen molar-refractivity contribution in [1.29, 1.82) is 0 Å². The van der Waals surface area contributed by atoms with Crippen LogP contribution in [-0.2, 0) is 0 Å². The van der Waals surface area contributed by atoms with Crippen LogP contribution in [-0.4, -0.2) is 37.6 Å². The fraction of sp³-hybridized carbons (Fsp3) is 1.00. The second kappa shape index (κ2) is 7.49. The summed E-state index contributed by atoms with van der Waals surface area (Å²) in [7, 11) is 2.29. The highest BCUT2D eigenvalue weighted by atomic mass is 15.1. The van der Waals surface area contributed by atoms with Gasteiger partial charge in [0.15, 0.2) is 0 Å². The Morgan fingerprint density at radius 1 is 1.22 bits per heavy atom. The van der Waals surface area contributed by atoms with Crippen molar-refractivity contribution in [1.82, 2.24) is 10.2 Å². The second-order valence-electron chi connectivity index (χ2n) is 7.00. The smallest absolute Gasteiger partial charge is 0.0112 e. The van der Waals surface area contributed by atoms with Crippen molar-refractivity contribution in [2.75, 3.05) is 26.7 Å². The van der Waals surface area contributed by atoms with Gasteiger partial charge in [0.05, 0.1) is 0 Å². The highest BCUT2D eigenvalue weighted by Gasteiger charge is 2.33. The van der Waals surface area contributed by atoms with E-state index in [1.165, 1.54) is 25.9 Å². The van der Waals surface area contributed by atoms with Gasteiger partial charge in [-0.15, -0.1) is 0 Å². The Balaban J connectivity index is 2.57. The minimum atomic E-state index is 0.725. The zero-order valence-corrected chi connectivity index (χ0v) is 13.4. The van der Waals surface area contributed by atoms with Gasteiger partial charge in [-0.3, -0.25) is 0 Å². The third-order valence-electron chi connectivity index (χ3n) is 4.34. The van der Waals surface area contributed by atoms with Gasteiger partial charge < -0.3 is 10.2 Å². The summed E-state index contributed by atoms with van der Waals surface area (Å²) >= 11 is 0. The highest BCUT2D eigenvalue weighted by Crippen LogP contribution is 2.34. The molecule has 0 heterocycles. The molecule has 108 valence electrons. The van der Waals surface area contributed by atoms with Gasteiger partial charge in [0.2, 0.25) is 0 Å². The number of nitrogens with zero attached hydrogens (tertiary/aromatic N) is 1. The van der Waals surface area contributed by atoms with Crippen molar-refractivity contribution in [2.24, 2.45) is 23.7 Å². The van der Waals surface area contributed by atoms with Crippen LogP contribution in [0.4, 0.5) is 0 Å². The summed E-state index contributed by atoms with van der Waals surface area (Å²) < 4.78 is 0. The fourth-order valence-electron chi connectivity index (χ4n) is 3.77. The molecule has 1 saturated carbocycles. The molecule has 0 saturated heterocycles. The van der Waals surface area contributed by atoms with Gasteiger partial charge in [-0.05, 0) is 50.1 Å². The van der Waals surface area contributed by atoms with E-state index in [0.29, 0.717) is 0 Å². The van der Waals surface area contributed by atoms with Gasteiger partial charge in [0.1, 0.15) is 0 Å². The van der Waals surface area contributed by atoms with E-state index in [9.17, 15) is 0 Å². The van der Waals surface area contributed by atoms with Crippen molar-refractivity contribution in [3.63, 3.8) is 0 Å². The lowest BCUT2D eigenvalue weighted by Gasteiger charge is -2.42. The molecule has 0 aromatic heterocycles. The van der Waals surface area contributed by atoms with Crippen molar-refractivity contribution < 1.29 is 0 Å². The second-order valence-corrected chi connectivity index (χ2v) is 7.00. The SMILES string of the molecule is CCNC1CC(C)CC(C)C1CN(C)CC(C)C. The van der Waals surface area contributed by atoms with Gasteiger partial charge in [-0.2, -0.15) is 0 Å². The Kier molecular flexibility index (Phi) is 6.65. The summed E-state index contributed by atoms with van der Waals surface area (Å²) in [4.78, 5) is 2.53. The lowest BCUT2D eigenvalue weighted by atomic mass is 9.72. The predicted molar refractivity (Wildman–Crippen MR) is 80.9 cm³/mol. The standard InChI is InChI=1S/C16H34N2/c1-7-17-16-9-13(4)8-14(5)15(16)11-18(6)10-12(2)3/h12-17H,7-11H2,1-6H3. The topological polar surface area (TPSA) is 15.3 Å². The van der Waals surface area contributed by atoms with Crippen LogP contribution in [0.15, 0.2) is 0 Å². The van der Waals surface area contributed by atoms with Gasteiger partial charge in [-0.1, -0.05) is 34.6 Å². The quantitative estimate of drug-likeness (QED) is 0.783. The molecule has 1 N–H and O–H groups in total. The summed E-state index contributed by atoms with van der Waals surface area (Å²) in [6.45, 7) is 15.3. The minimum Gasteiger partial charge on any atom is -0.314 e. The summed E-state index contributed by atoms with van der Waals surface area (Å²) in [5.41, 5.74) is 0. The molecule has 1 aliphatic rings. The number of hydrogen-bond donors (Lipinski definition) is 1. The van der Waals surface area contributed by atoms with Crippen LogP contribution in [0, 0.1) is 23.7 Å². The monoisotopic (exact) mass is 254 g/mol. The summed E-state index contributed by atoms with van der Waals surface area (Å²) in [6, 6.07) is 0.725. The highest BCUT2D eigenvalue weighted by molar-refractivity contribution is 4.88. The normalized spacial score (nSPS) is 33.3. The molecule has 1 aliphatic carbocycles.